The van der Waals surface area contributed by atoms with E-state index in [9.17, 15) is 0 Å². The lowest BCUT2D eigenvalue weighted by molar-refractivity contribution is 1.71. The third-order valence-corrected chi connectivity index (χ3v) is 378. The first-order valence-corrected chi connectivity index (χ1v) is 79.5. The van der Waals surface area contributed by atoms with Gasteiger partial charge in [0.2, 0.25) is 0 Å². The summed E-state index contributed by atoms with van der Waals surface area (Å²) in [6, 6.07) is 0. The van der Waals surface area contributed by atoms with Crippen molar-refractivity contribution in [3.05, 3.63) is 0 Å². The van der Waals surface area contributed by atoms with Crippen molar-refractivity contribution in [2.45, 2.75) is 210 Å². The van der Waals surface area contributed by atoms with E-state index in [0.29, 0.717) is 0 Å². The minimum Gasteiger partial charge on any atom is -0.0735 e. The average Bonchev–Trinajstić information content (AvgIpc) is 2.80. The Morgan fingerprint density at radius 1 is 0.106 bits per heavy atom. The largest absolute Gasteiger partial charge is 0.0735 e. The lowest BCUT2D eigenvalue weighted by atomic mass is 11.8. The van der Waals surface area contributed by atoms with Gasteiger partial charge in [0.15, 0.2) is 0 Å². The summed E-state index contributed by atoms with van der Waals surface area (Å²) in [4.78, 5) is 0. The summed E-state index contributed by atoms with van der Waals surface area (Å²) < 4.78 is 0. The molecule has 0 aliphatic rings. The zero-order valence-electron chi connectivity index (χ0n) is 39.5. The van der Waals surface area contributed by atoms with E-state index in [1.54, 1.807) is 0 Å². The summed E-state index contributed by atoms with van der Waals surface area (Å²) >= 11 is 0. The lowest BCUT2D eigenvalue weighted by Gasteiger charge is -2.70. The molecule has 0 spiro atoms. The van der Waals surface area contributed by atoms with Crippen molar-refractivity contribution >= 4 is 108 Å². The van der Waals surface area contributed by atoms with Gasteiger partial charge in [-0.1, -0.05) is 210 Å². The van der Waals surface area contributed by atoms with E-state index in [0.717, 1.165) is 0 Å². The third kappa shape index (κ3) is 6.58. The SMILES string of the molecule is C[Si](C)(C)[Si](C)(C)[Si](C)(C)[Si](C)(C)[Si](C)(C)[Si](C)(C)[Si](C)(C)[Si](C)(C)[Si](C)(C)[Si](C)(C)[Si](C)(C)[Si](C)(C)[Si](C)(C)[Si](C)(C)[Si](C)(C)C. The normalized spacial score (nSPS) is 17.4. The van der Waals surface area contributed by atoms with Crippen LogP contribution in [0.4, 0.5) is 0 Å². The predicted octanol–water partition coefficient (Wildman–Crippen LogP) is 13.0. The summed E-state index contributed by atoms with van der Waals surface area (Å²) in [5, 5.41) is 0. The van der Waals surface area contributed by atoms with Gasteiger partial charge in [0.05, 0.1) is 0 Å². The maximum absolute atomic E-state index is 3.08. The summed E-state index contributed by atoms with van der Waals surface area (Å²) in [7, 11) is -20.8. The van der Waals surface area contributed by atoms with Crippen LogP contribution < -0.4 is 0 Å². The van der Waals surface area contributed by atoms with Gasteiger partial charge in [-0.05, 0) is 0 Å². The maximum atomic E-state index is 3.08. The molecular weight excluding hydrogens is 806 g/mol. The standard InChI is InChI=1S/C32H96Si15/c1-33(2,3)35(7,8)37(11,12)39(15,16)41(19,20)43(23,24)45(27,28)47(31,32)46(29,30)44(25,26)42(21,22)40(17,18)38(13,14)36(9,10)34(4,5)6/h1-32H3. The van der Waals surface area contributed by atoms with Crippen LogP contribution in [0.5, 0.6) is 0 Å². The van der Waals surface area contributed by atoms with E-state index in [1.807, 2.05) is 0 Å². The van der Waals surface area contributed by atoms with Crippen molar-refractivity contribution in [2.24, 2.45) is 0 Å². The summed E-state index contributed by atoms with van der Waals surface area (Å²) in [5.74, 6) is 0. The molecule has 0 rings (SSSR count). The van der Waals surface area contributed by atoms with Crippen molar-refractivity contribution in [2.75, 3.05) is 0 Å². The van der Waals surface area contributed by atoms with Crippen LogP contribution >= 0.6 is 0 Å². The Morgan fingerprint density at radius 3 is 0.234 bits per heavy atom. The lowest BCUT2D eigenvalue weighted by Crippen LogP contribution is -2.97. The molecule has 284 valence electrons. The van der Waals surface area contributed by atoms with Gasteiger partial charge >= 0.3 is 0 Å². The zero-order valence-corrected chi connectivity index (χ0v) is 54.5. The first-order valence-electron chi connectivity index (χ1n) is 19.5. The molecule has 0 unspecified atom stereocenters. The highest BCUT2D eigenvalue weighted by atomic mass is 30.2. The molecule has 0 aliphatic carbocycles. The third-order valence-electron chi connectivity index (χ3n) is 22.5. The summed E-state index contributed by atoms with van der Waals surface area (Å²) in [6.07, 6.45) is 0. The van der Waals surface area contributed by atoms with Crippen molar-refractivity contribution in [1.29, 1.82) is 0 Å². The number of rotatable bonds is 14. The molecule has 0 radical (unpaired) electrons. The van der Waals surface area contributed by atoms with Crippen molar-refractivity contribution in [3.63, 3.8) is 0 Å². The second kappa shape index (κ2) is 13.2. The quantitative estimate of drug-likeness (QED) is 0.152. The molecule has 47 heavy (non-hydrogen) atoms. The van der Waals surface area contributed by atoms with Gasteiger partial charge in [0.1, 0.15) is 0 Å². The molecule has 0 aliphatic heterocycles. The van der Waals surface area contributed by atoms with Gasteiger partial charge in [-0.3, -0.25) is 0 Å². The molecular formula is C32H96Si15. The highest BCUT2D eigenvalue weighted by molar-refractivity contribution is 8.11. The predicted molar refractivity (Wildman–Crippen MR) is 274 cm³/mol. The molecule has 0 amide bonds. The summed E-state index contributed by atoms with van der Waals surface area (Å²) in [6.45, 7) is 95.2. The molecule has 0 nitrogen and oxygen atoms in total. The van der Waals surface area contributed by atoms with Crippen molar-refractivity contribution in [3.8, 4) is 0 Å². The van der Waals surface area contributed by atoms with Crippen LogP contribution in [0, 0.1) is 0 Å². The molecule has 0 saturated carbocycles. The van der Waals surface area contributed by atoms with E-state index >= 15 is 0 Å². The van der Waals surface area contributed by atoms with Crippen LogP contribution in [0.1, 0.15) is 0 Å². The fourth-order valence-corrected chi connectivity index (χ4v) is 526. The van der Waals surface area contributed by atoms with Crippen molar-refractivity contribution < 1.29 is 0 Å². The van der Waals surface area contributed by atoms with Gasteiger partial charge in [-0.2, -0.15) is 0 Å². The van der Waals surface area contributed by atoms with Gasteiger partial charge in [0, 0.05) is 108 Å². The fraction of sp³-hybridized carbons (Fsp3) is 1.00. The van der Waals surface area contributed by atoms with Crippen LogP contribution in [0.25, 0.3) is 0 Å². The van der Waals surface area contributed by atoms with Gasteiger partial charge in [-0.15, -0.1) is 0 Å². The Kier molecular flexibility index (Phi) is 14.1. The van der Waals surface area contributed by atoms with E-state index in [2.05, 4.69) is 210 Å². The van der Waals surface area contributed by atoms with Crippen molar-refractivity contribution in [1.82, 2.24) is 0 Å². The van der Waals surface area contributed by atoms with Gasteiger partial charge in [-0.25, -0.2) is 0 Å². The Balaban J connectivity index is 7.61. The molecule has 15 heteroatoms. The van der Waals surface area contributed by atoms with Crippen LogP contribution in [-0.4, -0.2) is 108 Å². The second-order valence-corrected chi connectivity index (χ2v) is 203. The number of hydrogen-bond donors (Lipinski definition) is 0. The monoisotopic (exact) mass is 900 g/mol. The molecule has 0 saturated heterocycles. The van der Waals surface area contributed by atoms with Crippen LogP contribution in [0.2, 0.25) is 210 Å². The Morgan fingerprint density at radius 2 is 0.170 bits per heavy atom. The Labute approximate surface area is 314 Å². The Bertz CT molecular complexity index is 1050. The zero-order chi connectivity index (χ0) is 39.5. The average molecular weight is 902 g/mol. The second-order valence-electron chi connectivity index (χ2n) is 25.6. The van der Waals surface area contributed by atoms with Gasteiger partial charge in [0.25, 0.3) is 0 Å². The molecule has 0 fully saturated rings. The number of hydrogen-bond acceptors (Lipinski definition) is 0. The first-order chi connectivity index (χ1) is 19.5. The topological polar surface area (TPSA) is 0 Å². The summed E-state index contributed by atoms with van der Waals surface area (Å²) in [5.41, 5.74) is 0. The molecule has 0 aromatic heterocycles. The molecule has 0 aromatic rings. The smallest absolute Gasteiger partial charge is 0.0354 e. The van der Waals surface area contributed by atoms with Crippen LogP contribution in [0.15, 0.2) is 0 Å². The minimum absolute atomic E-state index is 1.16. The van der Waals surface area contributed by atoms with Crippen LogP contribution in [-0.2, 0) is 0 Å². The minimum atomic E-state index is -1.50. The molecule has 0 atom stereocenters. The Hall–Kier alpha value is 3.25. The molecule has 0 N–H and O–H groups in total. The highest BCUT2D eigenvalue weighted by Crippen LogP contribution is 2.51. The molecule has 0 aromatic carbocycles. The van der Waals surface area contributed by atoms with E-state index in [-0.39, 0.29) is 0 Å². The molecule has 0 bridgehead atoms. The van der Waals surface area contributed by atoms with E-state index in [4.69, 9.17) is 0 Å². The fourth-order valence-electron chi connectivity index (χ4n) is 10.5. The van der Waals surface area contributed by atoms with E-state index < -0.39 is 108 Å². The maximum Gasteiger partial charge on any atom is 0.0354 e. The highest BCUT2D eigenvalue weighted by Gasteiger charge is 2.74. The van der Waals surface area contributed by atoms with E-state index in [1.165, 1.54) is 0 Å². The van der Waals surface area contributed by atoms with Gasteiger partial charge < -0.3 is 0 Å². The van der Waals surface area contributed by atoms with Crippen LogP contribution in [0.3, 0.4) is 0 Å². The first kappa shape index (κ1) is 50.3. The molecule has 0 heterocycles.